The van der Waals surface area contributed by atoms with Crippen molar-refractivity contribution in [1.82, 2.24) is 0 Å². The highest BCUT2D eigenvalue weighted by molar-refractivity contribution is 7.81. The SMILES string of the molecule is O=[N+]([O-])c1ccc(C(=S)Nc2ccc(OCc3ccccc3)cc2)c(Cl)c1. The minimum Gasteiger partial charge on any atom is -0.489 e. The van der Waals surface area contributed by atoms with Gasteiger partial charge in [-0.05, 0) is 35.9 Å². The number of nitrogens with zero attached hydrogens (tertiary/aromatic N) is 1. The number of hydrogen-bond donors (Lipinski definition) is 1. The van der Waals surface area contributed by atoms with Crippen molar-refractivity contribution in [2.45, 2.75) is 6.61 Å². The summed E-state index contributed by atoms with van der Waals surface area (Å²) in [6.45, 7) is 0.491. The molecule has 0 amide bonds. The summed E-state index contributed by atoms with van der Waals surface area (Å²) >= 11 is 11.5. The lowest BCUT2D eigenvalue weighted by Gasteiger charge is -2.11. The summed E-state index contributed by atoms with van der Waals surface area (Å²) in [4.78, 5) is 10.7. The number of benzene rings is 3. The summed E-state index contributed by atoms with van der Waals surface area (Å²) in [6.07, 6.45) is 0. The molecule has 3 aromatic carbocycles. The molecule has 27 heavy (non-hydrogen) atoms. The molecule has 0 aliphatic rings. The van der Waals surface area contributed by atoms with Crippen molar-refractivity contribution in [3.63, 3.8) is 0 Å². The molecule has 3 rings (SSSR count). The molecule has 0 aliphatic heterocycles. The lowest BCUT2D eigenvalue weighted by molar-refractivity contribution is -0.384. The monoisotopic (exact) mass is 398 g/mol. The first-order valence-corrected chi connectivity index (χ1v) is 8.83. The van der Waals surface area contributed by atoms with Crippen LogP contribution in [0.5, 0.6) is 5.75 Å². The molecule has 7 heteroatoms. The van der Waals surface area contributed by atoms with Gasteiger partial charge in [0.05, 0.1) is 9.95 Å². The van der Waals surface area contributed by atoms with E-state index in [0.29, 0.717) is 17.2 Å². The molecule has 0 fully saturated rings. The predicted octanol–water partition coefficient (Wildman–Crippen LogP) is 5.61. The molecule has 0 atom stereocenters. The van der Waals surface area contributed by atoms with Gasteiger partial charge in [-0.15, -0.1) is 0 Å². The summed E-state index contributed by atoms with van der Waals surface area (Å²) < 4.78 is 5.75. The van der Waals surface area contributed by atoms with Crippen LogP contribution in [-0.4, -0.2) is 9.91 Å². The molecule has 0 heterocycles. The third-order valence-corrected chi connectivity index (χ3v) is 4.40. The number of non-ortho nitro benzene ring substituents is 1. The highest BCUT2D eigenvalue weighted by atomic mass is 35.5. The molecule has 0 saturated heterocycles. The Morgan fingerprint density at radius 2 is 1.78 bits per heavy atom. The minimum atomic E-state index is -0.500. The van der Waals surface area contributed by atoms with E-state index < -0.39 is 4.92 Å². The summed E-state index contributed by atoms with van der Waals surface area (Å²) in [5.41, 5.74) is 2.31. The van der Waals surface area contributed by atoms with E-state index in [0.717, 1.165) is 17.0 Å². The van der Waals surface area contributed by atoms with Crippen LogP contribution in [0, 0.1) is 10.1 Å². The van der Waals surface area contributed by atoms with Gasteiger partial charge in [-0.25, -0.2) is 0 Å². The molecule has 0 spiro atoms. The van der Waals surface area contributed by atoms with E-state index in [2.05, 4.69) is 5.32 Å². The second kappa shape index (κ2) is 8.62. The Morgan fingerprint density at radius 1 is 1.07 bits per heavy atom. The summed E-state index contributed by atoms with van der Waals surface area (Å²) in [6, 6.07) is 21.4. The smallest absolute Gasteiger partial charge is 0.270 e. The fourth-order valence-corrected chi connectivity index (χ4v) is 3.00. The maximum atomic E-state index is 10.8. The third kappa shape index (κ3) is 5.03. The highest BCUT2D eigenvalue weighted by Gasteiger charge is 2.12. The second-order valence-electron chi connectivity index (χ2n) is 5.67. The van der Waals surface area contributed by atoms with Crippen LogP contribution in [0.1, 0.15) is 11.1 Å². The number of rotatable bonds is 6. The average Bonchev–Trinajstić information content (AvgIpc) is 2.68. The standard InChI is InChI=1S/C20H15ClN2O3S/c21-19-12-16(23(24)25)8-11-18(19)20(27)22-15-6-9-17(10-7-15)26-13-14-4-2-1-3-5-14/h1-12H,13H2,(H,22,27). The Kier molecular flexibility index (Phi) is 6.01. The van der Waals surface area contributed by atoms with Gasteiger partial charge < -0.3 is 10.1 Å². The van der Waals surface area contributed by atoms with Crippen molar-refractivity contribution < 1.29 is 9.66 Å². The van der Waals surface area contributed by atoms with E-state index >= 15 is 0 Å². The van der Waals surface area contributed by atoms with Gasteiger partial charge in [0.2, 0.25) is 0 Å². The topological polar surface area (TPSA) is 64.4 Å². The van der Waals surface area contributed by atoms with E-state index in [1.807, 2.05) is 54.6 Å². The molecule has 5 nitrogen and oxygen atoms in total. The molecular weight excluding hydrogens is 384 g/mol. The van der Waals surface area contributed by atoms with Crippen LogP contribution in [0.15, 0.2) is 72.8 Å². The Bertz CT molecular complexity index is 963. The van der Waals surface area contributed by atoms with Crippen molar-refractivity contribution in [3.05, 3.63) is 99.1 Å². The largest absolute Gasteiger partial charge is 0.489 e. The van der Waals surface area contributed by atoms with Crippen LogP contribution < -0.4 is 10.1 Å². The molecule has 0 bridgehead atoms. The summed E-state index contributed by atoms with van der Waals surface area (Å²) in [5.74, 6) is 0.740. The van der Waals surface area contributed by atoms with Gasteiger partial charge in [0, 0.05) is 23.4 Å². The van der Waals surface area contributed by atoms with Crippen molar-refractivity contribution >= 4 is 40.2 Å². The van der Waals surface area contributed by atoms with E-state index in [1.165, 1.54) is 18.2 Å². The number of nitrogens with one attached hydrogen (secondary N) is 1. The van der Waals surface area contributed by atoms with Gasteiger partial charge >= 0.3 is 0 Å². The fourth-order valence-electron chi connectivity index (χ4n) is 2.38. The first-order valence-electron chi connectivity index (χ1n) is 8.05. The van der Waals surface area contributed by atoms with Gasteiger partial charge in [0.25, 0.3) is 5.69 Å². The third-order valence-electron chi connectivity index (χ3n) is 3.77. The van der Waals surface area contributed by atoms with Crippen LogP contribution in [0.4, 0.5) is 11.4 Å². The van der Waals surface area contributed by atoms with Gasteiger partial charge in [-0.2, -0.15) is 0 Å². The van der Waals surface area contributed by atoms with Crippen molar-refractivity contribution in [2.75, 3.05) is 5.32 Å². The van der Waals surface area contributed by atoms with Crippen LogP contribution >= 0.6 is 23.8 Å². The van der Waals surface area contributed by atoms with Gasteiger partial charge in [-0.1, -0.05) is 54.2 Å². The Labute approximate surface area is 166 Å². The molecule has 0 radical (unpaired) electrons. The lowest BCUT2D eigenvalue weighted by Crippen LogP contribution is -2.11. The fraction of sp³-hybridized carbons (Fsp3) is 0.0500. The zero-order valence-electron chi connectivity index (χ0n) is 14.1. The minimum absolute atomic E-state index is 0.0773. The average molecular weight is 399 g/mol. The number of nitro groups is 1. The van der Waals surface area contributed by atoms with Crippen molar-refractivity contribution in [2.24, 2.45) is 0 Å². The van der Waals surface area contributed by atoms with Crippen LogP contribution in [0.3, 0.4) is 0 Å². The second-order valence-corrected chi connectivity index (χ2v) is 6.49. The normalized spacial score (nSPS) is 10.3. The first kappa shape index (κ1) is 18.8. The maximum Gasteiger partial charge on any atom is 0.270 e. The molecule has 0 unspecified atom stereocenters. The Hall–Kier alpha value is -2.96. The van der Waals surface area contributed by atoms with E-state index in [9.17, 15) is 10.1 Å². The molecule has 0 saturated carbocycles. The number of anilines is 1. The number of thiocarbonyl (C=S) groups is 1. The Balaban J connectivity index is 1.62. The van der Waals surface area contributed by atoms with Crippen LogP contribution in [-0.2, 0) is 6.61 Å². The molecule has 0 aromatic heterocycles. The molecule has 0 aliphatic carbocycles. The van der Waals surface area contributed by atoms with Gasteiger partial charge in [0.1, 0.15) is 17.3 Å². The summed E-state index contributed by atoms with van der Waals surface area (Å²) in [5, 5.41) is 14.1. The molecule has 1 N–H and O–H groups in total. The zero-order valence-corrected chi connectivity index (χ0v) is 15.7. The molecular formula is C20H15ClN2O3S. The van der Waals surface area contributed by atoms with E-state index in [-0.39, 0.29) is 10.7 Å². The Morgan fingerprint density at radius 3 is 2.41 bits per heavy atom. The van der Waals surface area contributed by atoms with Crippen molar-refractivity contribution in [3.8, 4) is 5.75 Å². The van der Waals surface area contributed by atoms with E-state index in [4.69, 9.17) is 28.6 Å². The first-order chi connectivity index (χ1) is 13.0. The number of halogens is 1. The highest BCUT2D eigenvalue weighted by Crippen LogP contribution is 2.24. The number of nitro benzene ring substituents is 1. The predicted molar refractivity (Wildman–Crippen MR) is 111 cm³/mol. The van der Waals surface area contributed by atoms with Gasteiger partial charge in [-0.3, -0.25) is 10.1 Å². The van der Waals surface area contributed by atoms with Crippen LogP contribution in [0.25, 0.3) is 0 Å². The summed E-state index contributed by atoms with van der Waals surface area (Å²) in [7, 11) is 0. The van der Waals surface area contributed by atoms with Crippen LogP contribution in [0.2, 0.25) is 5.02 Å². The zero-order chi connectivity index (χ0) is 19.2. The van der Waals surface area contributed by atoms with Crippen molar-refractivity contribution in [1.29, 1.82) is 0 Å². The lowest BCUT2D eigenvalue weighted by atomic mass is 10.2. The molecule has 3 aromatic rings. The molecule has 136 valence electrons. The maximum absolute atomic E-state index is 10.8. The number of hydrogen-bond acceptors (Lipinski definition) is 4. The van der Waals surface area contributed by atoms with Gasteiger partial charge in [0.15, 0.2) is 0 Å². The quantitative estimate of drug-likeness (QED) is 0.332. The van der Waals surface area contributed by atoms with E-state index in [1.54, 1.807) is 0 Å². The number of ether oxygens (including phenoxy) is 1.